The molecule has 2 rings (SSSR count). The lowest BCUT2D eigenvalue weighted by Gasteiger charge is -2.15. The number of aromatic amines is 2. The van der Waals surface area contributed by atoms with Gasteiger partial charge in [-0.25, -0.2) is 4.98 Å². The summed E-state index contributed by atoms with van der Waals surface area (Å²) >= 11 is 0. The van der Waals surface area contributed by atoms with Gasteiger partial charge in [-0.05, 0) is 6.42 Å². The van der Waals surface area contributed by atoms with E-state index in [0.29, 0.717) is 17.1 Å². The Balaban J connectivity index is 2.26. The molecule has 0 aliphatic rings. The third kappa shape index (κ3) is 2.44. The van der Waals surface area contributed by atoms with Gasteiger partial charge in [0.2, 0.25) is 5.95 Å². The Kier molecular flexibility index (Phi) is 3.38. The monoisotopic (exact) mass is 237 g/mol. The Hall–Kier alpha value is -1.89. The average Bonchev–Trinajstić information content (AvgIpc) is 2.77. The summed E-state index contributed by atoms with van der Waals surface area (Å²) in [5.41, 5.74) is 0.444. The van der Waals surface area contributed by atoms with Gasteiger partial charge in [0.05, 0.1) is 19.0 Å². The van der Waals surface area contributed by atoms with Crippen molar-refractivity contribution in [1.29, 1.82) is 0 Å². The molecule has 0 aliphatic carbocycles. The summed E-state index contributed by atoms with van der Waals surface area (Å²) in [6.07, 6.45) is 3.16. The number of anilines is 1. The normalized spacial score (nSPS) is 12.8. The number of hydrogen-bond donors (Lipinski definition) is 4. The summed E-state index contributed by atoms with van der Waals surface area (Å²) in [5.74, 6) is 0.335. The van der Waals surface area contributed by atoms with Crippen LogP contribution < -0.4 is 10.9 Å². The zero-order valence-corrected chi connectivity index (χ0v) is 9.53. The second-order valence-electron chi connectivity index (χ2n) is 3.83. The molecule has 2 aromatic heterocycles. The maximum absolute atomic E-state index is 11.6. The smallest absolute Gasteiger partial charge is 0.278 e. The Labute approximate surface area is 97.3 Å². The highest BCUT2D eigenvalue weighted by molar-refractivity contribution is 5.69. The van der Waals surface area contributed by atoms with Crippen molar-refractivity contribution in [2.45, 2.75) is 25.8 Å². The summed E-state index contributed by atoms with van der Waals surface area (Å²) in [6, 6.07) is -0.112. The molecule has 7 heteroatoms. The van der Waals surface area contributed by atoms with Crippen LogP contribution >= 0.6 is 0 Å². The number of hydrogen-bond acceptors (Lipinski definition) is 5. The number of fused-ring (bicyclic) bond motifs is 1. The molecule has 0 saturated heterocycles. The molecule has 7 nitrogen and oxygen atoms in total. The highest BCUT2D eigenvalue weighted by Crippen LogP contribution is 2.06. The number of imidazole rings is 1. The van der Waals surface area contributed by atoms with Gasteiger partial charge < -0.3 is 15.4 Å². The van der Waals surface area contributed by atoms with E-state index in [0.717, 1.165) is 12.8 Å². The number of H-pyrrole nitrogens is 2. The van der Waals surface area contributed by atoms with Gasteiger partial charge in [-0.15, -0.1) is 0 Å². The fourth-order valence-electron chi connectivity index (χ4n) is 1.66. The average molecular weight is 237 g/mol. The van der Waals surface area contributed by atoms with Crippen molar-refractivity contribution in [3.63, 3.8) is 0 Å². The molecule has 1 unspecified atom stereocenters. The highest BCUT2D eigenvalue weighted by Gasteiger charge is 2.10. The Morgan fingerprint density at radius 1 is 1.59 bits per heavy atom. The van der Waals surface area contributed by atoms with Crippen LogP contribution in [0, 0.1) is 0 Å². The van der Waals surface area contributed by atoms with Crippen LogP contribution in [-0.4, -0.2) is 37.7 Å². The van der Waals surface area contributed by atoms with Crippen LogP contribution in [0.2, 0.25) is 0 Å². The van der Waals surface area contributed by atoms with Gasteiger partial charge in [-0.3, -0.25) is 9.78 Å². The number of aromatic nitrogens is 4. The summed E-state index contributed by atoms with van der Waals surface area (Å²) in [7, 11) is 0. The van der Waals surface area contributed by atoms with Gasteiger partial charge >= 0.3 is 0 Å². The molecular weight excluding hydrogens is 222 g/mol. The Morgan fingerprint density at radius 2 is 2.41 bits per heavy atom. The van der Waals surface area contributed by atoms with Crippen molar-refractivity contribution < 1.29 is 5.11 Å². The van der Waals surface area contributed by atoms with Crippen molar-refractivity contribution in [3.05, 3.63) is 16.7 Å². The molecule has 0 radical (unpaired) electrons. The van der Waals surface area contributed by atoms with Crippen LogP contribution in [0.25, 0.3) is 11.2 Å². The van der Waals surface area contributed by atoms with E-state index in [2.05, 4.69) is 25.3 Å². The molecule has 0 saturated carbocycles. The fraction of sp³-hybridized carbons (Fsp3) is 0.500. The lowest BCUT2D eigenvalue weighted by molar-refractivity contribution is 0.268. The van der Waals surface area contributed by atoms with Gasteiger partial charge in [0, 0.05) is 0 Å². The number of aliphatic hydroxyl groups is 1. The zero-order chi connectivity index (χ0) is 12.3. The van der Waals surface area contributed by atoms with Crippen molar-refractivity contribution in [1.82, 2.24) is 19.9 Å². The lowest BCUT2D eigenvalue weighted by Crippen LogP contribution is -2.26. The zero-order valence-electron chi connectivity index (χ0n) is 9.53. The van der Waals surface area contributed by atoms with Gasteiger partial charge in [-0.2, -0.15) is 4.98 Å². The van der Waals surface area contributed by atoms with E-state index in [4.69, 9.17) is 5.11 Å². The minimum Gasteiger partial charge on any atom is -0.394 e. The number of rotatable bonds is 5. The molecule has 2 aromatic rings. The van der Waals surface area contributed by atoms with Crippen LogP contribution in [0.1, 0.15) is 19.8 Å². The van der Waals surface area contributed by atoms with E-state index in [1.165, 1.54) is 6.33 Å². The minimum absolute atomic E-state index is 0.00382. The van der Waals surface area contributed by atoms with E-state index >= 15 is 0 Å². The maximum Gasteiger partial charge on any atom is 0.278 e. The quantitative estimate of drug-likeness (QED) is 0.595. The topological polar surface area (TPSA) is 107 Å². The van der Waals surface area contributed by atoms with Crippen molar-refractivity contribution in [2.24, 2.45) is 0 Å². The van der Waals surface area contributed by atoms with Crippen molar-refractivity contribution in [3.8, 4) is 0 Å². The SMILES string of the molecule is CCCC(CO)Nc1nc2nc[nH]c2c(=O)[nH]1. The van der Waals surface area contributed by atoms with E-state index < -0.39 is 0 Å². The first-order valence-electron chi connectivity index (χ1n) is 5.55. The molecule has 0 aromatic carbocycles. The first kappa shape index (κ1) is 11.6. The molecular formula is C10H15N5O2. The summed E-state index contributed by atoms with van der Waals surface area (Å²) in [6.45, 7) is 2.02. The number of nitrogens with one attached hydrogen (secondary N) is 3. The van der Waals surface area contributed by atoms with Gasteiger partial charge in [0.1, 0.15) is 0 Å². The van der Waals surface area contributed by atoms with Gasteiger partial charge in [-0.1, -0.05) is 13.3 Å². The summed E-state index contributed by atoms with van der Waals surface area (Å²) in [5, 5.41) is 12.1. The molecule has 4 N–H and O–H groups in total. The Bertz CT molecular complexity index is 547. The highest BCUT2D eigenvalue weighted by atomic mass is 16.3. The molecule has 0 spiro atoms. The second kappa shape index (κ2) is 4.96. The second-order valence-corrected chi connectivity index (χ2v) is 3.83. The van der Waals surface area contributed by atoms with Gasteiger partial charge in [0.15, 0.2) is 11.2 Å². The number of aliphatic hydroxyl groups excluding tert-OH is 1. The predicted molar refractivity (Wildman–Crippen MR) is 63.9 cm³/mol. The van der Waals surface area contributed by atoms with Crippen molar-refractivity contribution >= 4 is 17.1 Å². The minimum atomic E-state index is -0.275. The molecule has 2 heterocycles. The van der Waals surface area contributed by atoms with Crippen LogP contribution in [0.3, 0.4) is 0 Å². The van der Waals surface area contributed by atoms with Crippen LogP contribution in [0.15, 0.2) is 11.1 Å². The third-order valence-electron chi connectivity index (χ3n) is 2.49. The molecule has 0 aliphatic heterocycles. The number of nitrogens with zero attached hydrogens (tertiary/aromatic N) is 2. The molecule has 92 valence electrons. The predicted octanol–water partition coefficient (Wildman–Crippen LogP) is 0.219. The molecule has 17 heavy (non-hydrogen) atoms. The van der Waals surface area contributed by atoms with Crippen LogP contribution in [0.4, 0.5) is 5.95 Å². The third-order valence-corrected chi connectivity index (χ3v) is 2.49. The largest absolute Gasteiger partial charge is 0.394 e. The Morgan fingerprint density at radius 3 is 3.12 bits per heavy atom. The first-order chi connectivity index (χ1) is 8.24. The molecule has 0 fully saturated rings. The van der Waals surface area contributed by atoms with Crippen molar-refractivity contribution in [2.75, 3.05) is 11.9 Å². The summed E-state index contributed by atoms with van der Waals surface area (Å²) < 4.78 is 0. The van der Waals surface area contributed by atoms with E-state index in [9.17, 15) is 4.79 Å². The standard InChI is InChI=1S/C10H15N5O2/c1-2-3-6(4-16)13-10-14-8-7(9(17)15-10)11-5-12-8/h5-6,16H,2-4H2,1H3,(H3,11,12,13,14,15,17). The van der Waals surface area contributed by atoms with E-state index in [1.54, 1.807) is 0 Å². The van der Waals surface area contributed by atoms with Crippen LogP contribution in [0.5, 0.6) is 0 Å². The lowest BCUT2D eigenvalue weighted by atomic mass is 10.2. The van der Waals surface area contributed by atoms with E-state index in [1.807, 2.05) is 6.92 Å². The maximum atomic E-state index is 11.6. The fourth-order valence-corrected chi connectivity index (χ4v) is 1.66. The summed E-state index contributed by atoms with van der Waals surface area (Å²) in [4.78, 5) is 25.0. The molecule has 1 atom stereocenters. The van der Waals surface area contributed by atoms with E-state index in [-0.39, 0.29) is 18.2 Å². The first-order valence-corrected chi connectivity index (χ1v) is 5.55. The molecule has 0 amide bonds. The van der Waals surface area contributed by atoms with Gasteiger partial charge in [0.25, 0.3) is 5.56 Å². The molecule has 0 bridgehead atoms. The van der Waals surface area contributed by atoms with Crippen LogP contribution in [-0.2, 0) is 0 Å².